The SMILES string of the molecule is Cc1c(C(F)(F)F)cnc(OC(F)(F)F)c1CN. The lowest BCUT2D eigenvalue weighted by Crippen LogP contribution is -2.21. The monoisotopic (exact) mass is 274 g/mol. The minimum atomic E-state index is -5.04. The lowest BCUT2D eigenvalue weighted by molar-refractivity contribution is -0.276. The topological polar surface area (TPSA) is 48.1 Å². The number of alkyl halides is 6. The molecule has 102 valence electrons. The minimum absolute atomic E-state index is 0.287. The van der Waals surface area contributed by atoms with Crippen LogP contribution in [0.3, 0.4) is 0 Å². The predicted molar refractivity (Wildman–Crippen MR) is 48.6 cm³/mol. The van der Waals surface area contributed by atoms with E-state index in [2.05, 4.69) is 9.72 Å². The fourth-order valence-electron chi connectivity index (χ4n) is 1.34. The summed E-state index contributed by atoms with van der Waals surface area (Å²) in [6.45, 7) is 0.462. The Morgan fingerprint density at radius 2 is 1.78 bits per heavy atom. The zero-order chi connectivity index (χ0) is 14.1. The Morgan fingerprint density at radius 3 is 2.17 bits per heavy atom. The van der Waals surface area contributed by atoms with Crippen LogP contribution in [-0.2, 0) is 12.7 Å². The molecule has 9 heteroatoms. The van der Waals surface area contributed by atoms with Crippen molar-refractivity contribution in [1.29, 1.82) is 0 Å². The molecule has 2 N–H and O–H groups in total. The van der Waals surface area contributed by atoms with Crippen molar-refractivity contribution in [2.24, 2.45) is 5.73 Å². The molecule has 0 unspecified atom stereocenters. The molecule has 1 heterocycles. The van der Waals surface area contributed by atoms with Crippen molar-refractivity contribution >= 4 is 0 Å². The van der Waals surface area contributed by atoms with Gasteiger partial charge in [-0.05, 0) is 12.5 Å². The molecule has 0 spiro atoms. The summed E-state index contributed by atoms with van der Waals surface area (Å²) in [5.41, 5.74) is 3.13. The molecule has 0 atom stereocenters. The van der Waals surface area contributed by atoms with Crippen LogP contribution in [0.4, 0.5) is 26.3 Å². The molecule has 1 rings (SSSR count). The zero-order valence-corrected chi connectivity index (χ0v) is 8.99. The maximum absolute atomic E-state index is 12.5. The summed E-state index contributed by atoms with van der Waals surface area (Å²) in [6.07, 6.45) is -9.46. The third-order valence-corrected chi connectivity index (χ3v) is 2.15. The Hall–Kier alpha value is -1.51. The summed E-state index contributed by atoms with van der Waals surface area (Å²) in [5.74, 6) is -0.963. The summed E-state index contributed by atoms with van der Waals surface area (Å²) in [6, 6.07) is 0. The average molecular weight is 274 g/mol. The normalized spacial score (nSPS) is 12.7. The number of aromatic nitrogens is 1. The van der Waals surface area contributed by atoms with Crippen LogP contribution in [-0.4, -0.2) is 11.3 Å². The second kappa shape index (κ2) is 4.63. The van der Waals surface area contributed by atoms with Gasteiger partial charge < -0.3 is 10.5 Å². The molecule has 0 amide bonds. The third kappa shape index (κ3) is 3.25. The van der Waals surface area contributed by atoms with Crippen molar-refractivity contribution in [3.8, 4) is 5.88 Å². The van der Waals surface area contributed by atoms with Gasteiger partial charge in [0, 0.05) is 18.3 Å². The van der Waals surface area contributed by atoms with E-state index in [1.165, 1.54) is 0 Å². The van der Waals surface area contributed by atoms with Crippen LogP contribution in [0, 0.1) is 6.92 Å². The van der Waals surface area contributed by atoms with E-state index in [1.54, 1.807) is 0 Å². The smallest absolute Gasteiger partial charge is 0.388 e. The van der Waals surface area contributed by atoms with Gasteiger partial charge in [0.1, 0.15) is 0 Å². The van der Waals surface area contributed by atoms with Gasteiger partial charge in [-0.1, -0.05) is 0 Å². The number of halogens is 6. The molecule has 0 aromatic carbocycles. The van der Waals surface area contributed by atoms with E-state index in [9.17, 15) is 26.3 Å². The molecule has 1 aromatic heterocycles. The summed E-state index contributed by atoms with van der Waals surface area (Å²) in [7, 11) is 0. The molecule has 0 bridgehead atoms. The van der Waals surface area contributed by atoms with E-state index in [4.69, 9.17) is 5.73 Å². The molecule has 0 aliphatic rings. The highest BCUT2D eigenvalue weighted by Gasteiger charge is 2.37. The standard InChI is InChI=1S/C9H8F6N2O/c1-4-5(2-16)7(18-9(13,14)15)17-3-6(4)8(10,11)12/h3H,2,16H2,1H3. The van der Waals surface area contributed by atoms with E-state index < -0.39 is 41.7 Å². The first-order chi connectivity index (χ1) is 8.06. The van der Waals surface area contributed by atoms with Gasteiger partial charge in [-0.25, -0.2) is 4.98 Å². The molecule has 3 nitrogen and oxygen atoms in total. The summed E-state index contributed by atoms with van der Waals surface area (Å²) < 4.78 is 77.0. The van der Waals surface area contributed by atoms with Crippen molar-refractivity contribution in [3.63, 3.8) is 0 Å². The van der Waals surface area contributed by atoms with E-state index in [0.29, 0.717) is 0 Å². The number of nitrogens with two attached hydrogens (primary N) is 1. The van der Waals surface area contributed by atoms with Gasteiger partial charge in [0.15, 0.2) is 0 Å². The molecule has 1 aromatic rings. The van der Waals surface area contributed by atoms with E-state index in [1.807, 2.05) is 0 Å². The zero-order valence-electron chi connectivity index (χ0n) is 8.99. The second-order valence-corrected chi connectivity index (χ2v) is 3.33. The Balaban J connectivity index is 3.30. The lowest BCUT2D eigenvalue weighted by atomic mass is 10.1. The van der Waals surface area contributed by atoms with E-state index in [-0.39, 0.29) is 6.20 Å². The molecule has 0 saturated carbocycles. The molecule has 18 heavy (non-hydrogen) atoms. The molecule has 0 fully saturated rings. The third-order valence-electron chi connectivity index (χ3n) is 2.15. The fraction of sp³-hybridized carbons (Fsp3) is 0.444. The summed E-state index contributed by atoms with van der Waals surface area (Å²) in [4.78, 5) is 3.02. The highest BCUT2D eigenvalue weighted by Crippen LogP contribution is 2.35. The number of rotatable bonds is 2. The second-order valence-electron chi connectivity index (χ2n) is 3.33. The molecule has 0 saturated heterocycles. The molecule has 0 radical (unpaired) electrons. The van der Waals surface area contributed by atoms with Crippen molar-refractivity contribution in [2.45, 2.75) is 26.0 Å². The Labute approximate surface area is 97.6 Å². The highest BCUT2D eigenvalue weighted by molar-refractivity contribution is 5.40. The number of ether oxygens (including phenoxy) is 1. The fourth-order valence-corrected chi connectivity index (χ4v) is 1.34. The van der Waals surface area contributed by atoms with Gasteiger partial charge in [-0.3, -0.25) is 0 Å². The van der Waals surface area contributed by atoms with Gasteiger partial charge >= 0.3 is 12.5 Å². The van der Waals surface area contributed by atoms with Crippen molar-refractivity contribution in [3.05, 3.63) is 22.9 Å². The van der Waals surface area contributed by atoms with E-state index >= 15 is 0 Å². The van der Waals surface area contributed by atoms with Gasteiger partial charge in [-0.15, -0.1) is 13.2 Å². The summed E-state index contributed by atoms with van der Waals surface area (Å²) >= 11 is 0. The summed E-state index contributed by atoms with van der Waals surface area (Å²) in [5, 5.41) is 0. The van der Waals surface area contributed by atoms with Crippen LogP contribution in [0.5, 0.6) is 5.88 Å². The quantitative estimate of drug-likeness (QED) is 0.843. The van der Waals surface area contributed by atoms with Gasteiger partial charge in [0.25, 0.3) is 0 Å². The number of hydrogen-bond acceptors (Lipinski definition) is 3. The molecule has 0 aliphatic heterocycles. The Kier molecular flexibility index (Phi) is 3.75. The maximum Gasteiger partial charge on any atom is 0.574 e. The van der Waals surface area contributed by atoms with Gasteiger partial charge in [0.05, 0.1) is 5.56 Å². The van der Waals surface area contributed by atoms with Crippen molar-refractivity contribution in [2.75, 3.05) is 0 Å². The molecule has 0 aliphatic carbocycles. The van der Waals surface area contributed by atoms with Crippen LogP contribution < -0.4 is 10.5 Å². The van der Waals surface area contributed by atoms with Crippen LogP contribution in [0.2, 0.25) is 0 Å². The first-order valence-corrected chi connectivity index (χ1v) is 4.57. The van der Waals surface area contributed by atoms with Crippen molar-refractivity contribution < 1.29 is 31.1 Å². The van der Waals surface area contributed by atoms with Gasteiger partial charge in [0.2, 0.25) is 5.88 Å². The first-order valence-electron chi connectivity index (χ1n) is 4.57. The minimum Gasteiger partial charge on any atom is -0.388 e. The van der Waals surface area contributed by atoms with Crippen LogP contribution >= 0.6 is 0 Å². The van der Waals surface area contributed by atoms with Crippen LogP contribution in [0.25, 0.3) is 0 Å². The van der Waals surface area contributed by atoms with Crippen LogP contribution in [0.1, 0.15) is 16.7 Å². The predicted octanol–water partition coefficient (Wildman–Crippen LogP) is 2.77. The van der Waals surface area contributed by atoms with Gasteiger partial charge in [-0.2, -0.15) is 13.2 Å². The molecular weight excluding hydrogens is 266 g/mol. The van der Waals surface area contributed by atoms with Crippen LogP contribution in [0.15, 0.2) is 6.20 Å². The van der Waals surface area contributed by atoms with Crippen molar-refractivity contribution in [1.82, 2.24) is 4.98 Å². The number of hydrogen-bond donors (Lipinski definition) is 1. The highest BCUT2D eigenvalue weighted by atomic mass is 19.4. The number of nitrogens with zero attached hydrogens (tertiary/aromatic N) is 1. The molecular formula is C9H8F6N2O. The average Bonchev–Trinajstić information content (AvgIpc) is 2.13. The Morgan fingerprint density at radius 1 is 1.22 bits per heavy atom. The first kappa shape index (κ1) is 14.6. The number of pyridine rings is 1. The largest absolute Gasteiger partial charge is 0.574 e. The Bertz CT molecular complexity index is 440. The van der Waals surface area contributed by atoms with E-state index in [0.717, 1.165) is 6.92 Å². The maximum atomic E-state index is 12.5. The lowest BCUT2D eigenvalue weighted by Gasteiger charge is -2.16.